The SMILES string of the molecule is COc1ccc(-c2cn3cccnc3n2)cc1NS(=O)(=O)c1ccc(OC)c(OC)c1. The Labute approximate surface area is 179 Å². The average molecular weight is 440 g/mol. The van der Waals surface area contributed by atoms with Crippen molar-refractivity contribution in [2.24, 2.45) is 0 Å². The monoisotopic (exact) mass is 440 g/mol. The van der Waals surface area contributed by atoms with E-state index in [1.165, 1.54) is 39.5 Å². The Morgan fingerprint density at radius 3 is 2.39 bits per heavy atom. The minimum absolute atomic E-state index is 0.0227. The molecule has 0 saturated carbocycles. The van der Waals surface area contributed by atoms with E-state index in [1.807, 2.05) is 12.4 Å². The van der Waals surface area contributed by atoms with Crippen LogP contribution in [0.3, 0.4) is 0 Å². The van der Waals surface area contributed by atoms with E-state index >= 15 is 0 Å². The summed E-state index contributed by atoms with van der Waals surface area (Å²) in [6.07, 6.45) is 5.31. The molecule has 0 aliphatic rings. The van der Waals surface area contributed by atoms with Gasteiger partial charge in [-0.1, -0.05) is 0 Å². The Kier molecular flexibility index (Phi) is 5.38. The van der Waals surface area contributed by atoms with E-state index < -0.39 is 10.0 Å². The fourth-order valence-corrected chi connectivity index (χ4v) is 4.18. The lowest BCUT2D eigenvalue weighted by molar-refractivity contribution is 0.354. The van der Waals surface area contributed by atoms with Gasteiger partial charge in [-0.25, -0.2) is 18.4 Å². The number of imidazole rings is 1. The molecule has 0 amide bonds. The molecule has 0 unspecified atom stereocenters. The number of hydrogen-bond acceptors (Lipinski definition) is 7. The quantitative estimate of drug-likeness (QED) is 0.470. The van der Waals surface area contributed by atoms with Crippen LogP contribution in [0.15, 0.2) is 66.0 Å². The number of nitrogens with one attached hydrogen (secondary N) is 1. The predicted molar refractivity (Wildman–Crippen MR) is 115 cm³/mol. The number of sulfonamides is 1. The summed E-state index contributed by atoms with van der Waals surface area (Å²) in [7, 11) is 0.464. The molecule has 0 bridgehead atoms. The molecule has 0 fully saturated rings. The molecule has 31 heavy (non-hydrogen) atoms. The number of fused-ring (bicyclic) bond motifs is 1. The molecule has 0 spiro atoms. The van der Waals surface area contributed by atoms with Crippen molar-refractivity contribution in [3.05, 3.63) is 61.1 Å². The first-order valence-electron chi connectivity index (χ1n) is 9.18. The summed E-state index contributed by atoms with van der Waals surface area (Å²) in [5.74, 6) is 1.65. The average Bonchev–Trinajstić information content (AvgIpc) is 3.22. The summed E-state index contributed by atoms with van der Waals surface area (Å²) in [5.41, 5.74) is 1.63. The minimum Gasteiger partial charge on any atom is -0.495 e. The Morgan fingerprint density at radius 1 is 0.935 bits per heavy atom. The normalized spacial score (nSPS) is 11.3. The van der Waals surface area contributed by atoms with Crippen LogP contribution in [0.2, 0.25) is 0 Å². The van der Waals surface area contributed by atoms with Gasteiger partial charge in [0.1, 0.15) is 5.75 Å². The van der Waals surface area contributed by atoms with E-state index in [1.54, 1.807) is 34.9 Å². The molecule has 10 heteroatoms. The lowest BCUT2D eigenvalue weighted by Crippen LogP contribution is -2.14. The van der Waals surface area contributed by atoms with Gasteiger partial charge in [0.2, 0.25) is 5.78 Å². The molecule has 2 aromatic carbocycles. The van der Waals surface area contributed by atoms with Crippen LogP contribution in [0, 0.1) is 0 Å². The lowest BCUT2D eigenvalue weighted by atomic mass is 10.1. The van der Waals surface area contributed by atoms with Crippen molar-refractivity contribution >= 4 is 21.5 Å². The van der Waals surface area contributed by atoms with Crippen LogP contribution in [0.25, 0.3) is 17.0 Å². The number of methoxy groups -OCH3 is 3. The summed E-state index contributed by atoms with van der Waals surface area (Å²) < 4.78 is 46.2. The highest BCUT2D eigenvalue weighted by Gasteiger charge is 2.20. The lowest BCUT2D eigenvalue weighted by Gasteiger charge is -2.14. The molecule has 2 aromatic heterocycles. The van der Waals surface area contributed by atoms with Gasteiger partial charge in [-0.05, 0) is 36.4 Å². The fourth-order valence-electron chi connectivity index (χ4n) is 3.10. The van der Waals surface area contributed by atoms with Crippen molar-refractivity contribution in [3.63, 3.8) is 0 Å². The van der Waals surface area contributed by atoms with Crippen molar-refractivity contribution in [2.45, 2.75) is 4.90 Å². The molecule has 0 atom stereocenters. The summed E-state index contributed by atoms with van der Waals surface area (Å²) in [6.45, 7) is 0. The zero-order valence-corrected chi connectivity index (χ0v) is 17.9. The van der Waals surface area contributed by atoms with Crippen LogP contribution in [-0.2, 0) is 10.0 Å². The Morgan fingerprint density at radius 2 is 1.68 bits per heavy atom. The molecule has 2 heterocycles. The molecule has 4 aromatic rings. The number of anilines is 1. The maximum Gasteiger partial charge on any atom is 0.262 e. The molecule has 0 aliphatic carbocycles. The smallest absolute Gasteiger partial charge is 0.262 e. The second kappa shape index (κ2) is 8.15. The van der Waals surface area contributed by atoms with E-state index in [2.05, 4.69) is 14.7 Å². The molecule has 9 nitrogen and oxygen atoms in total. The Bertz CT molecular complexity index is 1320. The van der Waals surface area contributed by atoms with Crippen LogP contribution in [0.1, 0.15) is 0 Å². The van der Waals surface area contributed by atoms with Gasteiger partial charge in [-0.3, -0.25) is 9.12 Å². The van der Waals surface area contributed by atoms with Crippen LogP contribution >= 0.6 is 0 Å². The summed E-state index contributed by atoms with van der Waals surface area (Å²) >= 11 is 0. The molecule has 4 rings (SSSR count). The third-order valence-corrected chi connectivity index (χ3v) is 6.00. The fraction of sp³-hybridized carbons (Fsp3) is 0.143. The van der Waals surface area contributed by atoms with Crippen LogP contribution in [-0.4, -0.2) is 44.1 Å². The summed E-state index contributed by atoms with van der Waals surface area (Å²) in [6, 6.07) is 11.3. The highest BCUT2D eigenvalue weighted by molar-refractivity contribution is 7.92. The van der Waals surface area contributed by atoms with Gasteiger partial charge >= 0.3 is 0 Å². The molecule has 0 aliphatic heterocycles. The first-order valence-corrected chi connectivity index (χ1v) is 10.7. The second-order valence-electron chi connectivity index (χ2n) is 6.49. The summed E-state index contributed by atoms with van der Waals surface area (Å²) in [5, 5.41) is 0. The zero-order chi connectivity index (χ0) is 22.0. The van der Waals surface area contributed by atoms with E-state index in [0.29, 0.717) is 34.3 Å². The highest BCUT2D eigenvalue weighted by Crippen LogP contribution is 2.34. The molecule has 1 N–H and O–H groups in total. The minimum atomic E-state index is -3.93. The van der Waals surface area contributed by atoms with Crippen molar-refractivity contribution < 1.29 is 22.6 Å². The molecular weight excluding hydrogens is 420 g/mol. The third-order valence-electron chi connectivity index (χ3n) is 4.64. The Hall–Kier alpha value is -3.79. The van der Waals surface area contributed by atoms with Gasteiger partial charge in [0.05, 0.1) is 37.6 Å². The van der Waals surface area contributed by atoms with E-state index in [4.69, 9.17) is 14.2 Å². The van der Waals surface area contributed by atoms with Crippen LogP contribution in [0.5, 0.6) is 17.2 Å². The third kappa shape index (κ3) is 3.97. The van der Waals surface area contributed by atoms with Crippen molar-refractivity contribution in [2.75, 3.05) is 26.1 Å². The number of hydrogen-bond donors (Lipinski definition) is 1. The standard InChI is InChI=1S/C21H20N4O5S/c1-28-18-7-5-14(17-13-25-10-4-9-22-21(25)23-17)11-16(18)24-31(26,27)15-6-8-19(29-2)20(12-15)30-3/h4-13,24H,1-3H3. The van der Waals surface area contributed by atoms with Gasteiger partial charge in [0, 0.05) is 30.2 Å². The predicted octanol–water partition coefficient (Wildman–Crippen LogP) is 3.22. The highest BCUT2D eigenvalue weighted by atomic mass is 32.2. The number of nitrogens with zero attached hydrogens (tertiary/aromatic N) is 3. The Balaban J connectivity index is 1.72. The molecule has 0 saturated heterocycles. The van der Waals surface area contributed by atoms with Crippen molar-refractivity contribution in [3.8, 4) is 28.5 Å². The summed E-state index contributed by atoms with van der Waals surface area (Å²) in [4.78, 5) is 8.71. The van der Waals surface area contributed by atoms with E-state index in [0.717, 1.165) is 0 Å². The van der Waals surface area contributed by atoms with Gasteiger partial charge < -0.3 is 14.2 Å². The second-order valence-corrected chi connectivity index (χ2v) is 8.17. The van der Waals surface area contributed by atoms with Crippen LogP contribution < -0.4 is 18.9 Å². The van der Waals surface area contributed by atoms with E-state index in [9.17, 15) is 8.42 Å². The maximum absolute atomic E-state index is 13.0. The van der Waals surface area contributed by atoms with Crippen LogP contribution in [0.4, 0.5) is 5.69 Å². The van der Waals surface area contributed by atoms with Crippen molar-refractivity contribution in [1.29, 1.82) is 0 Å². The van der Waals surface area contributed by atoms with Gasteiger partial charge in [0.15, 0.2) is 11.5 Å². The molecule has 0 radical (unpaired) electrons. The van der Waals surface area contributed by atoms with Gasteiger partial charge in [-0.2, -0.15) is 0 Å². The van der Waals surface area contributed by atoms with E-state index in [-0.39, 0.29) is 10.6 Å². The number of ether oxygens (including phenoxy) is 3. The van der Waals surface area contributed by atoms with Crippen molar-refractivity contribution in [1.82, 2.24) is 14.4 Å². The maximum atomic E-state index is 13.0. The first kappa shape index (κ1) is 20.5. The number of rotatable bonds is 7. The topological polar surface area (TPSA) is 104 Å². The molecule has 160 valence electrons. The molecular formula is C21H20N4O5S. The number of benzene rings is 2. The largest absolute Gasteiger partial charge is 0.495 e. The van der Waals surface area contributed by atoms with Gasteiger partial charge in [0.25, 0.3) is 10.0 Å². The number of aromatic nitrogens is 3. The zero-order valence-electron chi connectivity index (χ0n) is 17.1. The first-order chi connectivity index (χ1) is 14.9. The van der Waals surface area contributed by atoms with Gasteiger partial charge in [-0.15, -0.1) is 0 Å².